The van der Waals surface area contributed by atoms with Crippen LogP contribution in [0.25, 0.3) is 0 Å². The van der Waals surface area contributed by atoms with Crippen LogP contribution >= 0.6 is 11.4 Å². The minimum Gasteiger partial charge on any atom is -0.815 e. The van der Waals surface area contributed by atoms with Crippen molar-refractivity contribution >= 4 is 57.8 Å². The molecule has 0 heterocycles. The molecule has 0 N–H and O–H groups in total. The summed E-state index contributed by atoms with van der Waals surface area (Å²) in [6.07, 6.45) is 34.4. The van der Waals surface area contributed by atoms with Gasteiger partial charge >= 0.3 is 58.4 Å². The summed E-state index contributed by atoms with van der Waals surface area (Å²) < 4.78 is 0. The van der Waals surface area contributed by atoms with E-state index in [1.54, 1.807) is 0 Å². The SMILES string of the molecule is CCCCCCCCc1cccc([S+]=P([O-])([O-])[S-])c1CCCCCCCC.CCCCCCCCc1cccc([S+]=P([O-])([O-])[S-])c1CCCCCCCC.[Zn+2].[Zn+2].[Zn+2]. The quantitative estimate of drug-likeness (QED) is 0.0254. The second-order valence-corrected chi connectivity index (χ2v) is 26.2. The van der Waals surface area contributed by atoms with Gasteiger partial charge < -0.3 is 44.1 Å². The third-order valence-electron chi connectivity index (χ3n) is 10.0. The molecule has 2 aromatic rings. The summed E-state index contributed by atoms with van der Waals surface area (Å²) >= 11 is 9.33. The molecule has 13 heteroatoms. The summed E-state index contributed by atoms with van der Waals surface area (Å²) in [6.45, 7) is 8.95. The van der Waals surface area contributed by atoms with E-state index >= 15 is 0 Å². The van der Waals surface area contributed by atoms with Crippen molar-refractivity contribution in [3.63, 3.8) is 0 Å². The van der Waals surface area contributed by atoms with Crippen molar-refractivity contribution in [2.45, 2.75) is 217 Å². The van der Waals surface area contributed by atoms with Gasteiger partial charge in [0.1, 0.15) is 21.9 Å². The molecule has 4 nitrogen and oxygen atoms in total. The molecule has 0 aromatic heterocycles. The van der Waals surface area contributed by atoms with Crippen LogP contribution < -0.4 is 19.6 Å². The van der Waals surface area contributed by atoms with Crippen molar-refractivity contribution in [2.75, 3.05) is 0 Å². The summed E-state index contributed by atoms with van der Waals surface area (Å²) in [4.78, 5) is 48.4. The summed E-state index contributed by atoms with van der Waals surface area (Å²) in [5.74, 6) is 0. The predicted octanol–water partition coefficient (Wildman–Crippen LogP) is 11.8. The maximum atomic E-state index is 11.7. The minimum atomic E-state index is -3.78. The number of unbranched alkanes of at least 4 members (excludes halogenated alkanes) is 20. The first-order valence-electron chi connectivity index (χ1n) is 21.6. The van der Waals surface area contributed by atoms with E-state index in [1.807, 2.05) is 24.3 Å². The molecular formula is C44H74O4P2S4Zn3+2. The second kappa shape index (κ2) is 40.9. The first-order chi connectivity index (χ1) is 26.0. The molecule has 0 atom stereocenters. The van der Waals surface area contributed by atoms with Crippen LogP contribution in [0.15, 0.2) is 46.2 Å². The number of benzene rings is 2. The molecule has 0 radical (unpaired) electrons. The molecule has 0 saturated heterocycles. The topological polar surface area (TPSA) is 92.2 Å². The van der Waals surface area contributed by atoms with Gasteiger partial charge in [-0.05, 0) is 62.5 Å². The molecule has 57 heavy (non-hydrogen) atoms. The van der Waals surface area contributed by atoms with Crippen LogP contribution in [-0.2, 0) is 130 Å². The molecule has 0 aliphatic rings. The molecule has 0 aliphatic heterocycles. The largest absolute Gasteiger partial charge is 2.00 e. The zero-order chi connectivity index (χ0) is 39.9. The van der Waals surface area contributed by atoms with E-state index in [9.17, 15) is 19.6 Å². The number of hydrogen-bond acceptors (Lipinski definition) is 6. The first-order valence-corrected chi connectivity index (χ1v) is 29.7. The van der Waals surface area contributed by atoms with E-state index in [0.29, 0.717) is 0 Å². The summed E-state index contributed by atoms with van der Waals surface area (Å²) in [7, 11) is 1.76. The Hall–Kier alpha value is 2.15. The molecule has 0 unspecified atom stereocenters. The molecule has 0 saturated carbocycles. The average molecular weight is 1050 g/mol. The normalized spacial score (nSPS) is 11.1. The van der Waals surface area contributed by atoms with Crippen molar-refractivity contribution in [1.82, 2.24) is 0 Å². The fraction of sp³-hybridized carbons (Fsp3) is 0.727. The van der Waals surface area contributed by atoms with Gasteiger partial charge in [0.15, 0.2) is 0 Å². The summed E-state index contributed by atoms with van der Waals surface area (Å²) in [5, 5.41) is 0. The Morgan fingerprint density at radius 3 is 0.895 bits per heavy atom. The van der Waals surface area contributed by atoms with E-state index in [-0.39, 0.29) is 58.4 Å². The predicted molar refractivity (Wildman–Crippen MR) is 241 cm³/mol. The molecule has 0 aliphatic carbocycles. The Balaban J connectivity index is -0.000000972. The Morgan fingerprint density at radius 2 is 0.632 bits per heavy atom. The van der Waals surface area contributed by atoms with Crippen molar-refractivity contribution in [2.24, 2.45) is 0 Å². The zero-order valence-electron chi connectivity index (χ0n) is 36.5. The van der Waals surface area contributed by atoms with Crippen LogP contribution in [-0.4, -0.2) is 0 Å². The average Bonchev–Trinajstić information content (AvgIpc) is 3.11. The molecule has 0 spiro atoms. The van der Waals surface area contributed by atoms with Crippen LogP contribution in [0.1, 0.15) is 204 Å². The smallest absolute Gasteiger partial charge is 0.815 e. The minimum absolute atomic E-state index is 0. The molecular weight excluding hydrogens is 979 g/mol. The molecule has 2 rings (SSSR count). The number of aryl methyl sites for hydroxylation is 2. The van der Waals surface area contributed by atoms with E-state index in [4.69, 9.17) is 0 Å². The van der Waals surface area contributed by atoms with Crippen molar-refractivity contribution < 1.29 is 78.0 Å². The second-order valence-electron chi connectivity index (χ2n) is 14.9. The zero-order valence-corrected chi connectivity index (χ0v) is 50.5. The van der Waals surface area contributed by atoms with Crippen LogP contribution in [0.5, 0.6) is 0 Å². The van der Waals surface area contributed by atoms with E-state index in [2.05, 4.69) is 64.3 Å². The van der Waals surface area contributed by atoms with Gasteiger partial charge in [-0.3, -0.25) is 0 Å². The molecule has 0 bridgehead atoms. The Labute approximate surface area is 407 Å². The maximum Gasteiger partial charge on any atom is 2.00 e. The fourth-order valence-corrected chi connectivity index (χ4v) is 12.4. The van der Waals surface area contributed by atoms with Crippen LogP contribution in [0.3, 0.4) is 0 Å². The van der Waals surface area contributed by atoms with Crippen molar-refractivity contribution in [3.05, 3.63) is 58.7 Å². The van der Waals surface area contributed by atoms with Gasteiger partial charge in [-0.1, -0.05) is 180 Å². The Kier molecular flexibility index (Phi) is 45.5. The molecule has 2 aromatic carbocycles. The van der Waals surface area contributed by atoms with Gasteiger partial charge in [-0.2, -0.15) is 0 Å². The molecule has 0 fully saturated rings. The Bertz CT molecular complexity index is 1240. The fourth-order valence-electron chi connectivity index (χ4n) is 7.03. The number of hydrogen-bond donors (Lipinski definition) is 0. The number of rotatable bonds is 30. The van der Waals surface area contributed by atoms with Crippen molar-refractivity contribution in [1.29, 1.82) is 0 Å². The van der Waals surface area contributed by atoms with Crippen molar-refractivity contribution in [3.8, 4) is 0 Å². The monoisotopic (exact) mass is 1050 g/mol. The third kappa shape index (κ3) is 35.2. The van der Waals surface area contributed by atoms with E-state index < -0.39 is 11.4 Å². The summed E-state index contributed by atoms with van der Waals surface area (Å²) in [5.41, 5.74) is -2.45. The van der Waals surface area contributed by atoms with Crippen LogP contribution in [0.4, 0.5) is 0 Å². The van der Waals surface area contributed by atoms with Crippen LogP contribution in [0.2, 0.25) is 0 Å². The van der Waals surface area contributed by atoms with Gasteiger partial charge in [0, 0.05) is 23.3 Å². The van der Waals surface area contributed by atoms with Gasteiger partial charge in [0.2, 0.25) is 9.79 Å². The maximum absolute atomic E-state index is 11.7. The van der Waals surface area contributed by atoms with Gasteiger partial charge in [0.05, 0.1) is 0 Å². The molecule has 0 amide bonds. The standard InChI is InChI=1S/2C22H37O2PS2.3Zn/c2*1-3-5-7-9-11-13-16-20-17-15-19-22(27-25(23,24)26)21(20)18-14-12-10-8-6-4-2;;;/h2*15,17,19H,3-14,16,18H2,1-2H3;;;/q2*-2;3*+2. The summed E-state index contributed by atoms with van der Waals surface area (Å²) in [6, 6.07) is 12.2. The van der Waals surface area contributed by atoms with E-state index in [1.165, 1.54) is 164 Å². The van der Waals surface area contributed by atoms with Gasteiger partial charge in [-0.25, -0.2) is 0 Å². The molecule has 312 valence electrons. The third-order valence-corrected chi connectivity index (χ3v) is 15.5. The van der Waals surface area contributed by atoms with Gasteiger partial charge in [0.25, 0.3) is 0 Å². The van der Waals surface area contributed by atoms with Gasteiger partial charge in [-0.15, -0.1) is 11.4 Å². The van der Waals surface area contributed by atoms with E-state index in [0.717, 1.165) is 70.2 Å². The first kappa shape index (κ1) is 63.4. The Morgan fingerprint density at radius 1 is 0.386 bits per heavy atom. The van der Waals surface area contributed by atoms with Crippen LogP contribution in [0, 0.1) is 0 Å².